The summed E-state index contributed by atoms with van der Waals surface area (Å²) in [6.45, 7) is 9.75. The smallest absolute Gasteiger partial charge is 0.409 e. The van der Waals surface area contributed by atoms with Crippen LogP contribution in [0, 0.1) is 5.41 Å². The monoisotopic (exact) mass is 574 g/mol. The maximum atomic E-state index is 15.6. The third-order valence-corrected chi connectivity index (χ3v) is 7.46. The molecule has 3 amide bonds. The molecule has 0 saturated carbocycles. The first kappa shape index (κ1) is 30.5. The van der Waals surface area contributed by atoms with Gasteiger partial charge in [-0.25, -0.2) is 18.4 Å². The minimum absolute atomic E-state index is 0.0000793. The Morgan fingerprint density at radius 1 is 1.17 bits per heavy atom. The average molecular weight is 575 g/mol. The fourth-order valence-corrected chi connectivity index (χ4v) is 4.98. The van der Waals surface area contributed by atoms with Crippen LogP contribution < -0.4 is 10.1 Å². The van der Waals surface area contributed by atoms with Gasteiger partial charge in [0, 0.05) is 69.4 Å². The van der Waals surface area contributed by atoms with Gasteiger partial charge >= 0.3 is 12.1 Å². The SMILES string of the molecule is CCN(CCOC)C(=O)Nc1ccc(-c2cc3c(cn2)OC2(CCN(C(=O)OCC(C)(C)C)CC2)C(F)(F)C3)cc1. The summed E-state index contributed by atoms with van der Waals surface area (Å²) < 4.78 is 47.6. The Balaban J connectivity index is 1.41. The number of nitrogens with one attached hydrogen (secondary N) is 1. The molecule has 9 nitrogen and oxygen atoms in total. The highest BCUT2D eigenvalue weighted by atomic mass is 19.3. The fourth-order valence-electron chi connectivity index (χ4n) is 4.98. The molecule has 224 valence electrons. The largest absolute Gasteiger partial charge is 0.479 e. The van der Waals surface area contributed by atoms with Crippen LogP contribution in [0.2, 0.25) is 0 Å². The number of halogens is 2. The number of amides is 3. The Morgan fingerprint density at radius 2 is 1.85 bits per heavy atom. The summed E-state index contributed by atoms with van der Waals surface area (Å²) in [5.41, 5.74) is 0.372. The van der Waals surface area contributed by atoms with Gasteiger partial charge in [-0.2, -0.15) is 0 Å². The molecule has 0 aliphatic carbocycles. The van der Waals surface area contributed by atoms with E-state index in [1.54, 1.807) is 42.3 Å². The number of alkyl halides is 2. The van der Waals surface area contributed by atoms with E-state index in [0.29, 0.717) is 42.4 Å². The highest BCUT2D eigenvalue weighted by molar-refractivity contribution is 5.89. The Hall–Kier alpha value is -3.47. The number of methoxy groups -OCH3 is 1. The lowest BCUT2D eigenvalue weighted by Gasteiger charge is -2.48. The molecule has 1 aromatic heterocycles. The Kier molecular flexibility index (Phi) is 9.06. The Bertz CT molecular complexity index is 1220. The molecule has 3 heterocycles. The fraction of sp³-hybridized carbons (Fsp3) is 0.567. The topological polar surface area (TPSA) is 93.2 Å². The van der Waals surface area contributed by atoms with Crippen molar-refractivity contribution < 1.29 is 32.6 Å². The molecule has 2 aliphatic heterocycles. The molecule has 2 aromatic rings. The van der Waals surface area contributed by atoms with Gasteiger partial charge in [-0.05, 0) is 30.5 Å². The van der Waals surface area contributed by atoms with E-state index in [1.807, 2.05) is 27.7 Å². The number of hydrogen-bond donors (Lipinski definition) is 1. The van der Waals surface area contributed by atoms with Gasteiger partial charge in [-0.3, -0.25) is 4.98 Å². The van der Waals surface area contributed by atoms with Crippen LogP contribution in [-0.2, 0) is 15.9 Å². The van der Waals surface area contributed by atoms with E-state index >= 15 is 8.78 Å². The lowest BCUT2D eigenvalue weighted by molar-refractivity contribution is -0.194. The molecule has 1 N–H and O–H groups in total. The number of fused-ring (bicyclic) bond motifs is 1. The van der Waals surface area contributed by atoms with Crippen LogP contribution in [0.5, 0.6) is 5.75 Å². The zero-order valence-electron chi connectivity index (χ0n) is 24.5. The predicted octanol–water partition coefficient (Wildman–Crippen LogP) is 5.84. The molecule has 0 bridgehead atoms. The zero-order chi connectivity index (χ0) is 29.8. The highest BCUT2D eigenvalue weighted by Gasteiger charge is 2.60. The van der Waals surface area contributed by atoms with E-state index in [0.717, 1.165) is 5.56 Å². The first-order valence-electron chi connectivity index (χ1n) is 14.0. The number of nitrogens with zero attached hydrogens (tertiary/aromatic N) is 3. The molecule has 1 spiro atoms. The molecule has 1 aromatic carbocycles. The van der Waals surface area contributed by atoms with Gasteiger partial charge in [-0.1, -0.05) is 32.9 Å². The Labute approximate surface area is 240 Å². The van der Waals surface area contributed by atoms with Gasteiger partial charge < -0.3 is 29.3 Å². The zero-order valence-corrected chi connectivity index (χ0v) is 24.5. The molecule has 0 radical (unpaired) electrons. The molecule has 0 atom stereocenters. The van der Waals surface area contributed by atoms with Crippen molar-refractivity contribution in [3.8, 4) is 17.0 Å². The third kappa shape index (κ3) is 7.06. The maximum absolute atomic E-state index is 15.6. The van der Waals surface area contributed by atoms with Gasteiger partial charge in [-0.15, -0.1) is 0 Å². The van der Waals surface area contributed by atoms with Crippen LogP contribution >= 0.6 is 0 Å². The third-order valence-electron chi connectivity index (χ3n) is 7.46. The molecule has 0 unspecified atom stereocenters. The molecule has 1 fully saturated rings. The van der Waals surface area contributed by atoms with Crippen LogP contribution in [0.4, 0.5) is 24.1 Å². The lowest BCUT2D eigenvalue weighted by Crippen LogP contribution is -2.62. The number of carbonyl (C=O) groups is 2. The van der Waals surface area contributed by atoms with Gasteiger partial charge in [0.15, 0.2) is 5.60 Å². The highest BCUT2D eigenvalue weighted by Crippen LogP contribution is 2.48. The predicted molar refractivity (Wildman–Crippen MR) is 151 cm³/mol. The summed E-state index contributed by atoms with van der Waals surface area (Å²) in [7, 11) is 1.59. The number of piperidine rings is 1. The molecular weight excluding hydrogens is 534 g/mol. The summed E-state index contributed by atoms with van der Waals surface area (Å²) >= 11 is 0. The first-order valence-corrected chi connectivity index (χ1v) is 14.0. The Morgan fingerprint density at radius 3 is 2.46 bits per heavy atom. The standard InChI is InChI=1S/C30H40F2N4O5/c1-6-35(15-16-39-5)26(37)34-23-9-7-21(8-10-23)24-17-22-18-30(31,32)29(41-25(22)19-33-24)11-13-36(14-12-29)27(38)40-20-28(2,3)4/h7-10,17,19H,6,11-16,18,20H2,1-5H3,(H,34,37). The van der Waals surface area contributed by atoms with Crippen molar-refractivity contribution >= 4 is 17.8 Å². The average Bonchev–Trinajstić information content (AvgIpc) is 2.93. The summed E-state index contributed by atoms with van der Waals surface area (Å²) in [5.74, 6) is -2.79. The van der Waals surface area contributed by atoms with Crippen LogP contribution in [0.25, 0.3) is 11.3 Å². The number of rotatable bonds is 7. The molecule has 4 rings (SSSR count). The van der Waals surface area contributed by atoms with Crippen molar-refractivity contribution in [2.45, 2.75) is 58.5 Å². The van der Waals surface area contributed by atoms with Crippen LogP contribution in [0.15, 0.2) is 36.5 Å². The van der Waals surface area contributed by atoms with E-state index in [2.05, 4.69) is 10.3 Å². The number of likely N-dealkylation sites (N-methyl/N-ethyl adjacent to an activating group) is 1. The summed E-state index contributed by atoms with van der Waals surface area (Å²) in [6.07, 6.45) is 0.533. The summed E-state index contributed by atoms with van der Waals surface area (Å²) in [6, 6.07) is 8.47. The number of benzene rings is 1. The molecular formula is C30H40F2N4O5. The van der Waals surface area contributed by atoms with E-state index in [-0.39, 0.29) is 44.0 Å². The number of pyridine rings is 1. The second-order valence-corrected chi connectivity index (χ2v) is 11.8. The first-order chi connectivity index (χ1) is 19.4. The van der Waals surface area contributed by atoms with Gasteiger partial charge in [0.05, 0.1) is 25.1 Å². The van der Waals surface area contributed by atoms with Crippen molar-refractivity contribution in [3.63, 3.8) is 0 Å². The van der Waals surface area contributed by atoms with Crippen LogP contribution in [0.1, 0.15) is 46.1 Å². The van der Waals surface area contributed by atoms with Crippen molar-refractivity contribution in [2.75, 3.05) is 51.8 Å². The molecule has 11 heteroatoms. The van der Waals surface area contributed by atoms with E-state index in [1.165, 1.54) is 11.1 Å². The van der Waals surface area contributed by atoms with Gasteiger partial charge in [0.1, 0.15) is 5.75 Å². The van der Waals surface area contributed by atoms with Crippen molar-refractivity contribution in [3.05, 3.63) is 42.1 Å². The number of carbonyl (C=O) groups excluding carboxylic acids is 2. The van der Waals surface area contributed by atoms with Gasteiger partial charge in [0.2, 0.25) is 0 Å². The van der Waals surface area contributed by atoms with E-state index < -0.39 is 24.0 Å². The molecule has 1 saturated heterocycles. The minimum atomic E-state index is -3.12. The summed E-state index contributed by atoms with van der Waals surface area (Å²) in [4.78, 5) is 32.5. The van der Waals surface area contributed by atoms with E-state index in [4.69, 9.17) is 14.2 Å². The summed E-state index contributed by atoms with van der Waals surface area (Å²) in [5, 5.41) is 2.86. The second-order valence-electron chi connectivity index (χ2n) is 11.8. The van der Waals surface area contributed by atoms with Crippen molar-refractivity contribution in [2.24, 2.45) is 5.41 Å². The molecule has 41 heavy (non-hydrogen) atoms. The normalized spacial score (nSPS) is 17.4. The molecule has 2 aliphatic rings. The van der Waals surface area contributed by atoms with Gasteiger partial charge in [0.25, 0.3) is 5.92 Å². The van der Waals surface area contributed by atoms with Crippen molar-refractivity contribution in [1.82, 2.24) is 14.8 Å². The quantitative estimate of drug-likeness (QED) is 0.447. The lowest BCUT2D eigenvalue weighted by atomic mass is 9.80. The number of anilines is 1. The number of aromatic nitrogens is 1. The van der Waals surface area contributed by atoms with E-state index in [9.17, 15) is 9.59 Å². The second kappa shape index (κ2) is 12.2. The number of ether oxygens (including phenoxy) is 3. The van der Waals surface area contributed by atoms with Crippen LogP contribution in [-0.4, -0.2) is 84.9 Å². The van der Waals surface area contributed by atoms with Crippen molar-refractivity contribution in [1.29, 1.82) is 0 Å². The minimum Gasteiger partial charge on any atom is -0.479 e. The number of likely N-dealkylation sites (tertiary alicyclic amines) is 1. The van der Waals surface area contributed by atoms with Crippen LogP contribution in [0.3, 0.4) is 0 Å². The number of urea groups is 1. The number of hydrogen-bond acceptors (Lipinski definition) is 6. The maximum Gasteiger partial charge on any atom is 0.409 e.